The van der Waals surface area contributed by atoms with Crippen molar-refractivity contribution in [2.24, 2.45) is 5.92 Å². The van der Waals surface area contributed by atoms with Gasteiger partial charge in [0.15, 0.2) is 0 Å². The van der Waals surface area contributed by atoms with Gasteiger partial charge in [-0.1, -0.05) is 6.07 Å². The molecule has 3 heterocycles. The maximum atomic E-state index is 12.8. The first kappa shape index (κ1) is 23.4. The van der Waals surface area contributed by atoms with E-state index in [0.29, 0.717) is 18.5 Å². The van der Waals surface area contributed by atoms with Gasteiger partial charge in [0.1, 0.15) is 5.69 Å². The van der Waals surface area contributed by atoms with Crippen LogP contribution in [-0.2, 0) is 11.3 Å². The van der Waals surface area contributed by atoms with Crippen molar-refractivity contribution in [2.45, 2.75) is 45.5 Å². The minimum Gasteiger partial charge on any atom is -0.475 e. The minimum absolute atomic E-state index is 0.164. The van der Waals surface area contributed by atoms with Crippen LogP contribution in [0.5, 0.6) is 0 Å². The summed E-state index contributed by atoms with van der Waals surface area (Å²) in [6, 6.07) is 10.3. The Labute approximate surface area is 192 Å². The largest absolute Gasteiger partial charge is 0.490 e. The molecule has 1 atom stereocenters. The van der Waals surface area contributed by atoms with Crippen LogP contribution in [0.2, 0.25) is 0 Å². The number of aliphatic carboxylic acids is 1. The third-order valence-corrected chi connectivity index (χ3v) is 5.95. The third-order valence-electron chi connectivity index (χ3n) is 5.95. The van der Waals surface area contributed by atoms with Gasteiger partial charge in [0.2, 0.25) is 0 Å². The summed E-state index contributed by atoms with van der Waals surface area (Å²) in [7, 11) is 0. The molecule has 0 radical (unpaired) electrons. The van der Waals surface area contributed by atoms with E-state index in [2.05, 4.69) is 33.4 Å². The molecule has 5 rings (SSSR count). The number of carboxylic acids is 1. The molecule has 1 unspecified atom stereocenters. The van der Waals surface area contributed by atoms with Gasteiger partial charge in [-0.2, -0.15) is 23.4 Å². The van der Waals surface area contributed by atoms with E-state index in [1.165, 1.54) is 12.8 Å². The molecule has 0 spiro atoms. The Bertz CT molecular complexity index is 1240. The van der Waals surface area contributed by atoms with Crippen LogP contribution in [0.3, 0.4) is 0 Å². The van der Waals surface area contributed by atoms with Gasteiger partial charge in [-0.15, -0.1) is 5.10 Å². The predicted octanol–water partition coefficient (Wildman–Crippen LogP) is 4.23. The number of alkyl halides is 3. The Morgan fingerprint density at radius 3 is 2.50 bits per heavy atom. The number of hydrogen-bond acceptors (Lipinski definition) is 5. The maximum Gasteiger partial charge on any atom is 0.490 e. The van der Waals surface area contributed by atoms with Gasteiger partial charge in [0, 0.05) is 23.7 Å². The molecule has 1 aliphatic heterocycles. The van der Waals surface area contributed by atoms with Crippen molar-refractivity contribution in [3.63, 3.8) is 0 Å². The Kier molecular flexibility index (Phi) is 6.11. The first-order valence-electron chi connectivity index (χ1n) is 10.6. The zero-order chi connectivity index (χ0) is 24.6. The van der Waals surface area contributed by atoms with E-state index in [1.807, 2.05) is 36.1 Å². The number of carbonyl (C=O) groups excluding carboxylic acids is 1. The molecule has 2 aliphatic rings. The number of aromatic nitrogens is 4. The lowest BCUT2D eigenvalue weighted by Gasteiger charge is -2.23. The molecule has 8 nitrogen and oxygen atoms in total. The van der Waals surface area contributed by atoms with Crippen molar-refractivity contribution in [3.8, 4) is 22.5 Å². The maximum absolute atomic E-state index is 12.8. The van der Waals surface area contributed by atoms with E-state index in [0.717, 1.165) is 39.3 Å². The van der Waals surface area contributed by atoms with Gasteiger partial charge in [-0.25, -0.2) is 4.79 Å². The summed E-state index contributed by atoms with van der Waals surface area (Å²) < 4.78 is 31.7. The van der Waals surface area contributed by atoms with Crippen molar-refractivity contribution >= 4 is 11.9 Å². The van der Waals surface area contributed by atoms with Gasteiger partial charge in [0.25, 0.3) is 5.91 Å². The fraction of sp³-hybridized carbons (Fsp3) is 0.348. The Morgan fingerprint density at radius 1 is 1.21 bits per heavy atom. The minimum atomic E-state index is -5.08. The average Bonchev–Trinajstić information content (AvgIpc) is 3.48. The number of amides is 1. The number of halogens is 3. The van der Waals surface area contributed by atoms with Gasteiger partial charge >= 0.3 is 12.1 Å². The number of fused-ring (bicyclic) bond motifs is 1. The molecule has 0 bridgehead atoms. The summed E-state index contributed by atoms with van der Waals surface area (Å²) >= 11 is 0. The monoisotopic (exact) mass is 473 g/mol. The Hall–Kier alpha value is -3.76. The van der Waals surface area contributed by atoms with Gasteiger partial charge in [0.05, 0.1) is 17.6 Å². The van der Waals surface area contributed by atoms with Crippen LogP contribution in [0.1, 0.15) is 41.4 Å². The molecule has 3 aromatic rings. The predicted molar refractivity (Wildman–Crippen MR) is 116 cm³/mol. The summed E-state index contributed by atoms with van der Waals surface area (Å²) in [5.74, 6) is -1.92. The quantitative estimate of drug-likeness (QED) is 0.587. The molecule has 1 fully saturated rings. The van der Waals surface area contributed by atoms with E-state index in [9.17, 15) is 18.0 Å². The second-order valence-corrected chi connectivity index (χ2v) is 8.44. The summed E-state index contributed by atoms with van der Waals surface area (Å²) in [4.78, 5) is 23.7. The summed E-state index contributed by atoms with van der Waals surface area (Å²) in [5, 5.41) is 22.6. The number of aromatic amines is 1. The SMILES string of the molecule is Cc1cc(-c2cc(-c3ccc4c(c3)CN(C(C)C3CC3)C4=O)cnn2)[nH]n1.O=C(O)C(F)(F)F. The Balaban J connectivity index is 0.000000344. The molecule has 11 heteroatoms. The number of rotatable bonds is 4. The zero-order valence-corrected chi connectivity index (χ0v) is 18.4. The van der Waals surface area contributed by atoms with Crippen LogP contribution >= 0.6 is 0 Å². The van der Waals surface area contributed by atoms with E-state index in [1.54, 1.807) is 6.20 Å². The van der Waals surface area contributed by atoms with Gasteiger partial charge in [-0.05, 0) is 68.0 Å². The molecular weight excluding hydrogens is 451 g/mol. The van der Waals surface area contributed by atoms with Crippen molar-refractivity contribution in [1.29, 1.82) is 0 Å². The molecule has 0 saturated heterocycles. The molecule has 2 aromatic heterocycles. The highest BCUT2D eigenvalue weighted by atomic mass is 19.4. The van der Waals surface area contributed by atoms with Crippen LogP contribution in [0, 0.1) is 12.8 Å². The summed E-state index contributed by atoms with van der Waals surface area (Å²) in [6.07, 6.45) is -0.841. The smallest absolute Gasteiger partial charge is 0.475 e. The molecule has 1 saturated carbocycles. The summed E-state index contributed by atoms with van der Waals surface area (Å²) in [6.45, 7) is 4.81. The average molecular weight is 473 g/mol. The van der Waals surface area contributed by atoms with Crippen LogP contribution in [0.25, 0.3) is 22.5 Å². The first-order valence-corrected chi connectivity index (χ1v) is 10.6. The van der Waals surface area contributed by atoms with Gasteiger partial charge < -0.3 is 10.0 Å². The molecule has 1 amide bonds. The van der Waals surface area contributed by atoms with Crippen molar-refractivity contribution < 1.29 is 27.9 Å². The second-order valence-electron chi connectivity index (χ2n) is 8.44. The fourth-order valence-corrected chi connectivity index (χ4v) is 3.89. The number of nitrogens with one attached hydrogen (secondary N) is 1. The lowest BCUT2D eigenvalue weighted by atomic mass is 10.0. The normalized spacial score (nSPS) is 16.0. The van der Waals surface area contributed by atoms with Gasteiger partial charge in [-0.3, -0.25) is 9.89 Å². The van der Waals surface area contributed by atoms with Crippen molar-refractivity contribution in [1.82, 2.24) is 25.3 Å². The second kappa shape index (κ2) is 8.88. The number of H-pyrrole nitrogens is 1. The van der Waals surface area contributed by atoms with Crippen LogP contribution < -0.4 is 0 Å². The number of benzene rings is 1. The van der Waals surface area contributed by atoms with Crippen LogP contribution in [-0.4, -0.2) is 54.5 Å². The molecule has 1 aromatic carbocycles. The fourth-order valence-electron chi connectivity index (χ4n) is 3.89. The van der Waals surface area contributed by atoms with Crippen molar-refractivity contribution in [3.05, 3.63) is 53.3 Å². The molecule has 2 N–H and O–H groups in total. The summed E-state index contributed by atoms with van der Waals surface area (Å²) in [5.41, 5.74) is 6.49. The molecular formula is C23H22F3N5O3. The first-order chi connectivity index (χ1) is 16.0. The number of carboxylic acid groups (broad SMARTS) is 1. The Morgan fingerprint density at radius 2 is 1.91 bits per heavy atom. The van der Waals surface area contributed by atoms with Crippen molar-refractivity contribution in [2.75, 3.05) is 0 Å². The van der Waals surface area contributed by atoms with Crippen LogP contribution in [0.4, 0.5) is 13.2 Å². The lowest BCUT2D eigenvalue weighted by Crippen LogP contribution is -2.34. The van der Waals surface area contributed by atoms with E-state index >= 15 is 0 Å². The van der Waals surface area contributed by atoms with E-state index in [4.69, 9.17) is 9.90 Å². The number of hydrogen-bond donors (Lipinski definition) is 2. The standard InChI is InChI=1S/C21H21N5O.C2HF3O2/c1-12-7-19(25-23-12)20-9-16(10-22-24-20)15-5-6-18-17(8-15)11-26(21(18)27)13(2)14-3-4-14;3-2(4,5)1(6)7/h5-10,13-14H,3-4,11H2,1-2H3,(H,23,25);(H,6,7). The highest BCUT2D eigenvalue weighted by molar-refractivity contribution is 5.99. The highest BCUT2D eigenvalue weighted by Gasteiger charge is 2.39. The molecule has 34 heavy (non-hydrogen) atoms. The highest BCUT2D eigenvalue weighted by Crippen LogP contribution is 2.39. The zero-order valence-electron chi connectivity index (χ0n) is 18.4. The molecule has 1 aliphatic carbocycles. The number of carbonyl (C=O) groups is 2. The number of aryl methyl sites for hydroxylation is 1. The third kappa shape index (κ3) is 4.92. The topological polar surface area (TPSA) is 112 Å². The van der Waals surface area contributed by atoms with E-state index in [-0.39, 0.29) is 5.91 Å². The molecule has 178 valence electrons. The van der Waals surface area contributed by atoms with Crippen LogP contribution in [0.15, 0.2) is 36.5 Å². The lowest BCUT2D eigenvalue weighted by molar-refractivity contribution is -0.192. The van der Waals surface area contributed by atoms with E-state index < -0.39 is 12.1 Å². The number of nitrogens with zero attached hydrogens (tertiary/aromatic N) is 4.